The topological polar surface area (TPSA) is 130 Å². The first-order chi connectivity index (χ1) is 10.7. The number of amides is 2. The van der Waals surface area contributed by atoms with E-state index in [-0.39, 0.29) is 13.0 Å². The van der Waals surface area contributed by atoms with Crippen LogP contribution in [0.2, 0.25) is 0 Å². The zero-order valence-corrected chi connectivity index (χ0v) is 13.4. The maximum atomic E-state index is 11.8. The van der Waals surface area contributed by atoms with Crippen molar-refractivity contribution in [3.63, 3.8) is 0 Å². The minimum atomic E-state index is -3.93. The van der Waals surface area contributed by atoms with Crippen LogP contribution in [0, 0.1) is 6.92 Å². The predicted octanol–water partition coefficient (Wildman–Crippen LogP) is -0.0608. The first-order valence-corrected chi connectivity index (χ1v) is 8.55. The lowest BCUT2D eigenvalue weighted by Gasteiger charge is -2.07. The molecule has 126 valence electrons. The van der Waals surface area contributed by atoms with Crippen LogP contribution >= 0.6 is 0 Å². The molecular formula is C14H18N2O6S. The SMILES string of the molecule is Cc1ccc(NC(=O)CS(=O)(=O)CC(=O)NCCC(=O)O)cc1. The van der Waals surface area contributed by atoms with Gasteiger partial charge in [0.05, 0.1) is 6.42 Å². The fraction of sp³-hybridized carbons (Fsp3) is 0.357. The van der Waals surface area contributed by atoms with Gasteiger partial charge in [0.1, 0.15) is 11.5 Å². The van der Waals surface area contributed by atoms with E-state index in [1.54, 1.807) is 24.3 Å². The minimum absolute atomic E-state index is 0.167. The first-order valence-electron chi connectivity index (χ1n) is 6.73. The molecule has 9 heteroatoms. The third kappa shape index (κ3) is 7.96. The third-order valence-electron chi connectivity index (χ3n) is 2.70. The number of aliphatic carboxylic acids is 1. The summed E-state index contributed by atoms with van der Waals surface area (Å²) in [6.07, 6.45) is -0.306. The molecule has 0 saturated carbocycles. The molecule has 2 amide bonds. The molecule has 0 aromatic heterocycles. The van der Waals surface area contributed by atoms with Crippen LogP contribution in [0.3, 0.4) is 0 Å². The number of hydrogen-bond acceptors (Lipinski definition) is 5. The van der Waals surface area contributed by atoms with Gasteiger partial charge in [-0.05, 0) is 19.1 Å². The molecule has 0 heterocycles. The monoisotopic (exact) mass is 342 g/mol. The van der Waals surface area contributed by atoms with Gasteiger partial charge in [-0.3, -0.25) is 14.4 Å². The highest BCUT2D eigenvalue weighted by Crippen LogP contribution is 2.08. The Balaban J connectivity index is 2.47. The van der Waals surface area contributed by atoms with E-state index in [4.69, 9.17) is 5.11 Å². The molecule has 8 nitrogen and oxygen atoms in total. The normalized spacial score (nSPS) is 10.8. The maximum Gasteiger partial charge on any atom is 0.305 e. The molecule has 1 aromatic rings. The van der Waals surface area contributed by atoms with E-state index < -0.39 is 39.1 Å². The van der Waals surface area contributed by atoms with Crippen molar-refractivity contribution in [1.29, 1.82) is 0 Å². The highest BCUT2D eigenvalue weighted by molar-refractivity contribution is 7.92. The molecule has 1 aromatic carbocycles. The van der Waals surface area contributed by atoms with E-state index in [2.05, 4.69) is 10.6 Å². The molecule has 0 spiro atoms. The molecule has 1 rings (SSSR count). The number of rotatable bonds is 8. The van der Waals surface area contributed by atoms with Gasteiger partial charge in [0.2, 0.25) is 11.8 Å². The van der Waals surface area contributed by atoms with Crippen LogP contribution in [0.1, 0.15) is 12.0 Å². The van der Waals surface area contributed by atoms with Crippen LogP contribution in [0.15, 0.2) is 24.3 Å². The Morgan fingerprint density at radius 1 is 1.04 bits per heavy atom. The summed E-state index contributed by atoms with van der Waals surface area (Å²) in [5.74, 6) is -4.38. The second-order valence-electron chi connectivity index (χ2n) is 4.94. The van der Waals surface area contributed by atoms with Crippen molar-refractivity contribution in [3.8, 4) is 0 Å². The van der Waals surface area contributed by atoms with Crippen molar-refractivity contribution < 1.29 is 27.9 Å². The standard InChI is InChI=1S/C14H18N2O6S/c1-10-2-4-11(5-3-10)16-13(18)9-23(21,22)8-12(17)15-7-6-14(19)20/h2-5H,6-9H2,1H3,(H,15,17)(H,16,18)(H,19,20). The summed E-state index contributed by atoms with van der Waals surface area (Å²) in [6, 6.07) is 6.80. The Morgan fingerprint density at radius 3 is 2.17 bits per heavy atom. The first kappa shape index (κ1) is 18.6. The second kappa shape index (κ2) is 8.28. The summed E-state index contributed by atoms with van der Waals surface area (Å²) >= 11 is 0. The van der Waals surface area contributed by atoms with E-state index in [1.807, 2.05) is 6.92 Å². The number of carboxylic acids is 1. The van der Waals surface area contributed by atoms with Gasteiger partial charge in [-0.25, -0.2) is 8.42 Å². The van der Waals surface area contributed by atoms with E-state index in [1.165, 1.54) is 0 Å². The number of carboxylic acid groups (broad SMARTS) is 1. The van der Waals surface area contributed by atoms with Crippen molar-refractivity contribution in [1.82, 2.24) is 5.32 Å². The van der Waals surface area contributed by atoms with Gasteiger partial charge in [-0.1, -0.05) is 17.7 Å². The van der Waals surface area contributed by atoms with E-state index in [0.717, 1.165) is 5.56 Å². The van der Waals surface area contributed by atoms with Gasteiger partial charge in [-0.15, -0.1) is 0 Å². The fourth-order valence-electron chi connectivity index (χ4n) is 1.64. The molecule has 0 radical (unpaired) electrons. The second-order valence-corrected chi connectivity index (χ2v) is 7.00. The number of hydrogen-bond donors (Lipinski definition) is 3. The highest BCUT2D eigenvalue weighted by Gasteiger charge is 2.20. The van der Waals surface area contributed by atoms with Crippen LogP contribution in [-0.4, -0.2) is 49.4 Å². The molecule has 0 aliphatic carbocycles. The largest absolute Gasteiger partial charge is 0.481 e. The molecule has 23 heavy (non-hydrogen) atoms. The summed E-state index contributed by atoms with van der Waals surface area (Å²) in [7, 11) is -3.93. The van der Waals surface area contributed by atoms with Crippen LogP contribution in [0.4, 0.5) is 5.69 Å². The summed E-state index contributed by atoms with van der Waals surface area (Å²) in [6.45, 7) is 1.71. The number of carbonyl (C=O) groups is 3. The van der Waals surface area contributed by atoms with Crippen LogP contribution in [-0.2, 0) is 24.2 Å². The minimum Gasteiger partial charge on any atom is -0.481 e. The summed E-state index contributed by atoms with van der Waals surface area (Å²) < 4.78 is 23.5. The highest BCUT2D eigenvalue weighted by atomic mass is 32.2. The number of benzene rings is 1. The van der Waals surface area contributed by atoms with Crippen molar-refractivity contribution in [2.45, 2.75) is 13.3 Å². The molecule has 0 fully saturated rings. The lowest BCUT2D eigenvalue weighted by molar-refractivity contribution is -0.136. The zero-order chi connectivity index (χ0) is 17.5. The molecule has 0 aliphatic rings. The van der Waals surface area contributed by atoms with Gasteiger partial charge in [0, 0.05) is 12.2 Å². The van der Waals surface area contributed by atoms with E-state index in [0.29, 0.717) is 5.69 Å². The average molecular weight is 342 g/mol. The van der Waals surface area contributed by atoms with Gasteiger partial charge in [-0.2, -0.15) is 0 Å². The van der Waals surface area contributed by atoms with Gasteiger partial charge >= 0.3 is 5.97 Å². The molecular weight excluding hydrogens is 324 g/mol. The summed E-state index contributed by atoms with van der Waals surface area (Å²) in [5.41, 5.74) is 1.45. The third-order valence-corrected chi connectivity index (χ3v) is 4.10. The van der Waals surface area contributed by atoms with Gasteiger partial charge < -0.3 is 15.7 Å². The molecule has 0 atom stereocenters. The van der Waals surface area contributed by atoms with Gasteiger partial charge in [0.15, 0.2) is 9.84 Å². The number of aryl methyl sites for hydroxylation is 1. The van der Waals surface area contributed by atoms with E-state index >= 15 is 0 Å². The predicted molar refractivity (Wildman–Crippen MR) is 83.7 cm³/mol. The molecule has 0 bridgehead atoms. The maximum absolute atomic E-state index is 11.8. The van der Waals surface area contributed by atoms with Gasteiger partial charge in [0.25, 0.3) is 0 Å². The fourth-order valence-corrected chi connectivity index (χ4v) is 2.72. The average Bonchev–Trinajstić information content (AvgIpc) is 2.39. The molecule has 0 saturated heterocycles. The molecule has 3 N–H and O–H groups in total. The van der Waals surface area contributed by atoms with Crippen molar-refractivity contribution in [2.24, 2.45) is 0 Å². The lowest BCUT2D eigenvalue weighted by Crippen LogP contribution is -2.35. The Kier molecular flexibility index (Phi) is 6.70. The number of nitrogens with one attached hydrogen (secondary N) is 2. The summed E-state index contributed by atoms with van der Waals surface area (Å²) in [4.78, 5) is 33.4. The summed E-state index contributed by atoms with van der Waals surface area (Å²) in [5, 5.41) is 13.0. The Hall–Kier alpha value is -2.42. The Morgan fingerprint density at radius 2 is 1.61 bits per heavy atom. The Labute approximate surface area is 133 Å². The molecule has 0 aliphatic heterocycles. The van der Waals surface area contributed by atoms with Crippen LogP contribution in [0.25, 0.3) is 0 Å². The van der Waals surface area contributed by atoms with Crippen LogP contribution < -0.4 is 10.6 Å². The Bertz CT molecular complexity index is 682. The van der Waals surface area contributed by atoms with Crippen molar-refractivity contribution in [2.75, 3.05) is 23.4 Å². The number of anilines is 1. The zero-order valence-electron chi connectivity index (χ0n) is 12.5. The van der Waals surface area contributed by atoms with Crippen LogP contribution in [0.5, 0.6) is 0 Å². The number of carbonyl (C=O) groups excluding carboxylic acids is 2. The van der Waals surface area contributed by atoms with E-state index in [9.17, 15) is 22.8 Å². The lowest BCUT2D eigenvalue weighted by atomic mass is 10.2. The van der Waals surface area contributed by atoms with Crippen molar-refractivity contribution in [3.05, 3.63) is 29.8 Å². The smallest absolute Gasteiger partial charge is 0.305 e. The quantitative estimate of drug-likeness (QED) is 0.607. The molecule has 0 unspecified atom stereocenters. The number of sulfone groups is 1. The van der Waals surface area contributed by atoms with Crippen molar-refractivity contribution >= 4 is 33.3 Å².